The molecule has 244 valence electrons. The van der Waals surface area contributed by atoms with E-state index in [9.17, 15) is 0 Å². The van der Waals surface area contributed by atoms with Crippen molar-refractivity contribution < 1.29 is 0 Å². The zero-order valence-corrected chi connectivity index (χ0v) is 28.3. The molecule has 0 saturated heterocycles. The smallest absolute Gasteiger partial charge is 0.165 e. The second kappa shape index (κ2) is 9.75. The van der Waals surface area contributed by atoms with Crippen molar-refractivity contribution in [2.45, 2.75) is 0 Å². The van der Waals surface area contributed by atoms with Gasteiger partial charge in [-0.25, -0.2) is 9.97 Å². The van der Waals surface area contributed by atoms with E-state index in [0.717, 1.165) is 61.2 Å². The van der Waals surface area contributed by atoms with E-state index in [2.05, 4.69) is 177 Å². The quantitative estimate of drug-likeness (QED) is 0.187. The van der Waals surface area contributed by atoms with Gasteiger partial charge in [0.25, 0.3) is 0 Å². The Kier molecular flexibility index (Phi) is 5.06. The Morgan fingerprint density at radius 2 is 0.906 bits per heavy atom. The van der Waals surface area contributed by atoms with Crippen molar-refractivity contribution in [2.75, 3.05) is 4.90 Å². The third-order valence-corrected chi connectivity index (χ3v) is 11.5. The van der Waals surface area contributed by atoms with Crippen molar-refractivity contribution >= 4 is 115 Å². The summed E-state index contributed by atoms with van der Waals surface area (Å²) in [6.45, 7) is 0. The summed E-state index contributed by atoms with van der Waals surface area (Å²) >= 11 is 0. The lowest BCUT2D eigenvalue weighted by molar-refractivity contribution is 1.23. The van der Waals surface area contributed by atoms with Crippen LogP contribution in [0.2, 0.25) is 0 Å². The maximum Gasteiger partial charge on any atom is 0.165 e. The normalized spacial score (nSPS) is 12.5. The highest BCUT2D eigenvalue weighted by Crippen LogP contribution is 2.48. The maximum absolute atomic E-state index is 5.73. The molecule has 0 aliphatic carbocycles. The number of benzene rings is 8. The third kappa shape index (κ3) is 3.37. The predicted octanol–water partition coefficient (Wildman–Crippen LogP) is 12.6. The lowest BCUT2D eigenvalue weighted by atomic mass is 10.0. The molecule has 5 nitrogen and oxygen atoms in total. The average molecular weight is 674 g/mol. The van der Waals surface area contributed by atoms with E-state index in [1.165, 1.54) is 54.1 Å². The van der Waals surface area contributed by atoms with Crippen LogP contribution in [0, 0.1) is 0 Å². The zero-order valence-electron chi connectivity index (χ0n) is 28.3. The van der Waals surface area contributed by atoms with Gasteiger partial charge >= 0.3 is 0 Å². The van der Waals surface area contributed by atoms with E-state index in [0.29, 0.717) is 0 Å². The molecule has 0 atom stereocenters. The Hall–Kier alpha value is -7.24. The Morgan fingerprint density at radius 1 is 0.358 bits per heavy atom. The second-order valence-electron chi connectivity index (χ2n) is 14.2. The Morgan fingerprint density at radius 3 is 1.70 bits per heavy atom. The van der Waals surface area contributed by atoms with Gasteiger partial charge < -0.3 is 4.90 Å². The van der Waals surface area contributed by atoms with Crippen LogP contribution < -0.4 is 4.90 Å². The maximum atomic E-state index is 5.73. The average Bonchev–Trinajstić information content (AvgIpc) is 3.94. The summed E-state index contributed by atoms with van der Waals surface area (Å²) in [5.41, 5.74) is 11.5. The fourth-order valence-electron chi connectivity index (χ4n) is 9.39. The van der Waals surface area contributed by atoms with Crippen LogP contribution in [0.3, 0.4) is 0 Å². The Labute approximate surface area is 301 Å². The van der Waals surface area contributed by atoms with Crippen LogP contribution in [-0.2, 0) is 0 Å². The Balaban J connectivity index is 1.27. The molecule has 13 rings (SSSR count). The molecule has 0 bridgehead atoms. The fraction of sp³-hybridized carbons (Fsp3) is 0. The highest BCUT2D eigenvalue weighted by molar-refractivity contribution is 6.33. The van der Waals surface area contributed by atoms with Crippen LogP contribution in [-0.4, -0.2) is 18.8 Å². The van der Waals surface area contributed by atoms with Gasteiger partial charge in [0, 0.05) is 49.1 Å². The summed E-state index contributed by atoms with van der Waals surface area (Å²) in [5.74, 6) is 0. The van der Waals surface area contributed by atoms with Gasteiger partial charge in [-0.3, -0.25) is 8.80 Å². The van der Waals surface area contributed by atoms with Crippen LogP contribution >= 0.6 is 0 Å². The summed E-state index contributed by atoms with van der Waals surface area (Å²) in [6, 6.07) is 58.9. The van der Waals surface area contributed by atoms with Gasteiger partial charge in [0.1, 0.15) is 11.0 Å². The highest BCUT2D eigenvalue weighted by atomic mass is 15.2. The zero-order chi connectivity index (χ0) is 34.4. The first-order valence-electron chi connectivity index (χ1n) is 18.1. The van der Waals surface area contributed by atoms with E-state index >= 15 is 0 Å². The van der Waals surface area contributed by atoms with Crippen molar-refractivity contribution in [1.29, 1.82) is 0 Å². The van der Waals surface area contributed by atoms with Gasteiger partial charge in [-0.1, -0.05) is 127 Å². The van der Waals surface area contributed by atoms with E-state index in [-0.39, 0.29) is 0 Å². The molecule has 0 saturated carbocycles. The largest absolute Gasteiger partial charge is 0.308 e. The molecule has 0 fully saturated rings. The summed E-state index contributed by atoms with van der Waals surface area (Å²) < 4.78 is 4.79. The lowest BCUT2D eigenvalue weighted by Gasteiger charge is -2.26. The highest BCUT2D eigenvalue weighted by Gasteiger charge is 2.28. The molecular weight excluding hydrogens is 647 g/mol. The van der Waals surface area contributed by atoms with Gasteiger partial charge in [0.2, 0.25) is 0 Å². The minimum absolute atomic E-state index is 0.876. The Bertz CT molecular complexity index is 3580. The van der Waals surface area contributed by atoms with Crippen molar-refractivity contribution in [3.05, 3.63) is 164 Å². The standard InChI is InChI=1S/C48H27N5/c1-3-15-30(16-4-1)51(31-17-5-2-6-18-31)39-24-12-22-35-38-27-29-14-8-9-19-32(29)40-42-48(53(45(35)39)46(38)40)49-41-37-23-11-21-34-36-26-25-28-13-7-10-20-33(28)43(36)52(44(34)37)47(41)50-42/h1-27H. The number of rotatable bonds is 3. The lowest BCUT2D eigenvalue weighted by Crippen LogP contribution is -2.10. The molecule has 0 amide bonds. The van der Waals surface area contributed by atoms with Crippen molar-refractivity contribution in [2.24, 2.45) is 0 Å². The number of fused-ring (bicyclic) bond motifs is 16. The van der Waals surface area contributed by atoms with Crippen LogP contribution in [0.15, 0.2) is 164 Å². The van der Waals surface area contributed by atoms with E-state index < -0.39 is 0 Å². The molecule has 5 aromatic heterocycles. The molecule has 53 heavy (non-hydrogen) atoms. The molecule has 5 heteroatoms. The van der Waals surface area contributed by atoms with E-state index in [1.54, 1.807) is 0 Å². The molecule has 5 heterocycles. The van der Waals surface area contributed by atoms with Crippen molar-refractivity contribution in [1.82, 2.24) is 18.8 Å². The first kappa shape index (κ1) is 27.5. The van der Waals surface area contributed by atoms with E-state index in [1.807, 2.05) is 0 Å². The fourth-order valence-corrected chi connectivity index (χ4v) is 9.39. The first-order chi connectivity index (χ1) is 26.3. The number of hydrogen-bond donors (Lipinski definition) is 0. The number of hydrogen-bond acceptors (Lipinski definition) is 3. The molecule has 0 radical (unpaired) electrons. The summed E-state index contributed by atoms with van der Waals surface area (Å²) in [7, 11) is 0. The van der Waals surface area contributed by atoms with Crippen LogP contribution in [0.1, 0.15) is 0 Å². The molecule has 0 aliphatic heterocycles. The molecular formula is C48H27N5. The summed E-state index contributed by atoms with van der Waals surface area (Å²) in [5, 5.41) is 12.0. The molecule has 8 aromatic carbocycles. The summed E-state index contributed by atoms with van der Waals surface area (Å²) in [4.78, 5) is 13.8. The van der Waals surface area contributed by atoms with Crippen molar-refractivity contribution in [3.63, 3.8) is 0 Å². The van der Waals surface area contributed by atoms with Gasteiger partial charge in [-0.15, -0.1) is 0 Å². The molecule has 0 unspecified atom stereocenters. The van der Waals surface area contributed by atoms with Crippen LogP contribution in [0.4, 0.5) is 17.1 Å². The predicted molar refractivity (Wildman–Crippen MR) is 221 cm³/mol. The minimum Gasteiger partial charge on any atom is -0.308 e. The van der Waals surface area contributed by atoms with Gasteiger partial charge in [-0.05, 0) is 52.6 Å². The number of anilines is 3. The van der Waals surface area contributed by atoms with E-state index in [4.69, 9.17) is 9.97 Å². The molecule has 0 spiro atoms. The molecule has 0 aliphatic rings. The van der Waals surface area contributed by atoms with Crippen molar-refractivity contribution in [3.8, 4) is 0 Å². The van der Waals surface area contributed by atoms with Crippen LogP contribution in [0.5, 0.6) is 0 Å². The first-order valence-corrected chi connectivity index (χ1v) is 18.1. The van der Waals surface area contributed by atoms with Gasteiger partial charge in [0.15, 0.2) is 11.3 Å². The number of nitrogens with zero attached hydrogens (tertiary/aromatic N) is 5. The van der Waals surface area contributed by atoms with Gasteiger partial charge in [0.05, 0.1) is 27.8 Å². The third-order valence-electron chi connectivity index (χ3n) is 11.5. The SMILES string of the molecule is c1ccc(N(c2ccccc2)c2cccc3c4cc5ccccc5c5c6nc7c(nc6n(c23)c45)c2cccc3c4ccc5ccccc5c4n7c32)cc1. The number of aromatic nitrogens is 4. The molecule has 13 aromatic rings. The second-order valence-corrected chi connectivity index (χ2v) is 14.2. The van der Waals surface area contributed by atoms with Gasteiger partial charge in [-0.2, -0.15) is 0 Å². The monoisotopic (exact) mass is 673 g/mol. The molecule has 0 N–H and O–H groups in total. The number of para-hydroxylation sites is 4. The summed E-state index contributed by atoms with van der Waals surface area (Å²) in [6.07, 6.45) is 0. The van der Waals surface area contributed by atoms with Crippen LogP contribution in [0.25, 0.3) is 98.3 Å². The minimum atomic E-state index is 0.876. The topological polar surface area (TPSA) is 37.8 Å².